The van der Waals surface area contributed by atoms with E-state index in [1.54, 1.807) is 21.9 Å². The number of hydrogen-bond donors (Lipinski definition) is 0. The average Bonchev–Trinajstić information content (AvgIpc) is 1.44. The van der Waals surface area contributed by atoms with Gasteiger partial charge in [0.2, 0.25) is 0 Å². The van der Waals surface area contributed by atoms with Crippen molar-refractivity contribution < 1.29 is 47.6 Å². The first-order valence-electron chi connectivity index (χ1n) is 29.6. The highest BCUT2D eigenvalue weighted by atomic mass is 16.6. The van der Waals surface area contributed by atoms with E-state index in [1.807, 2.05) is 211 Å². The highest BCUT2D eigenvalue weighted by Gasteiger charge is 2.56. The van der Waals surface area contributed by atoms with Crippen LogP contribution in [0.1, 0.15) is 136 Å². The molecule has 2 amide bonds. The third-order valence-corrected chi connectivity index (χ3v) is 17.6. The number of rotatable bonds is 15. The van der Waals surface area contributed by atoms with Crippen LogP contribution in [-0.2, 0) is 35.6 Å². The molecule has 0 radical (unpaired) electrons. The standard InChI is InChI=1S/C72H70N4O10/c1-11-14-36-81-68(79)75(60-42-58-62(38-44(60)4)83-64-40-50(73(7)8)32-34-56(64)71(58)54-22-18-16-20-52(54)66(77)85-71)48-28-24-46(25-29-48)70(6,13-3)47-26-30-49(31-27-47)76(69(80)82-37-15-12-2)61-43-59-63(39-45(61)5)84-65-41-51(74(9)10)33-35-57(65)72(59)55-23-19-17-21-53(55)67(78)86-72/h16-35,38-43H,11-15,36-37H2,1-10H3. The predicted octanol–water partition coefficient (Wildman–Crippen LogP) is 16.4. The first-order valence-corrected chi connectivity index (χ1v) is 29.6. The van der Waals surface area contributed by atoms with Gasteiger partial charge in [0.25, 0.3) is 0 Å². The number of esters is 2. The van der Waals surface area contributed by atoms with Gasteiger partial charge in [0.1, 0.15) is 23.0 Å². The molecule has 2 atom stereocenters. The summed E-state index contributed by atoms with van der Waals surface area (Å²) in [4.78, 5) is 64.4. The van der Waals surface area contributed by atoms with Crippen LogP contribution in [0.15, 0.2) is 158 Å². The van der Waals surface area contributed by atoms with Crippen LogP contribution in [0.2, 0.25) is 0 Å². The minimum atomic E-state index is -1.38. The van der Waals surface area contributed by atoms with E-state index >= 15 is 0 Å². The molecule has 4 aliphatic heterocycles. The summed E-state index contributed by atoms with van der Waals surface area (Å²) in [6.45, 7) is 12.7. The Labute approximate surface area is 502 Å². The number of aryl methyl sites for hydroxylation is 2. The molecule has 14 nitrogen and oxygen atoms in total. The number of unbranched alkanes of at least 4 members (excludes halogenated alkanes) is 2. The zero-order valence-electron chi connectivity index (χ0n) is 50.3. The van der Waals surface area contributed by atoms with Crippen LogP contribution >= 0.6 is 0 Å². The monoisotopic (exact) mass is 1150 g/mol. The summed E-state index contributed by atoms with van der Waals surface area (Å²) >= 11 is 0. The third-order valence-electron chi connectivity index (χ3n) is 17.6. The van der Waals surface area contributed by atoms with Gasteiger partial charge < -0.3 is 38.2 Å². The Kier molecular flexibility index (Phi) is 14.6. The molecule has 12 rings (SSSR count). The summed E-state index contributed by atoms with van der Waals surface area (Å²) in [5, 5.41) is 0. The molecule has 2 spiro atoms. The fourth-order valence-corrected chi connectivity index (χ4v) is 12.6. The van der Waals surface area contributed by atoms with Crippen molar-refractivity contribution in [1.82, 2.24) is 0 Å². The maximum absolute atomic E-state index is 14.7. The molecule has 0 aliphatic carbocycles. The number of amides is 2. The number of carbonyl (C=O) groups is 4. The van der Waals surface area contributed by atoms with Crippen molar-refractivity contribution in [1.29, 1.82) is 0 Å². The van der Waals surface area contributed by atoms with E-state index in [9.17, 15) is 19.2 Å². The van der Waals surface area contributed by atoms with Crippen LogP contribution in [0.4, 0.5) is 43.7 Å². The van der Waals surface area contributed by atoms with E-state index in [0.29, 0.717) is 110 Å². The summed E-state index contributed by atoms with van der Waals surface area (Å²) in [6, 6.07) is 50.2. The number of benzene rings is 8. The minimum absolute atomic E-state index is 0.225. The van der Waals surface area contributed by atoms with Gasteiger partial charge in [-0.05, 0) is 140 Å². The third kappa shape index (κ3) is 9.15. The van der Waals surface area contributed by atoms with E-state index in [4.69, 9.17) is 28.4 Å². The number of hydrogen-bond acceptors (Lipinski definition) is 12. The van der Waals surface area contributed by atoms with Crippen LogP contribution in [-0.4, -0.2) is 65.5 Å². The van der Waals surface area contributed by atoms with Gasteiger partial charge in [-0.1, -0.05) is 101 Å². The van der Waals surface area contributed by atoms with Gasteiger partial charge in [0.05, 0.1) is 47.1 Å². The van der Waals surface area contributed by atoms with Crippen LogP contribution < -0.4 is 29.1 Å². The van der Waals surface area contributed by atoms with Crippen molar-refractivity contribution in [3.8, 4) is 23.0 Å². The molecule has 0 saturated carbocycles. The topological polar surface area (TPSA) is 137 Å². The lowest BCUT2D eigenvalue weighted by Gasteiger charge is -2.38. The molecule has 4 heterocycles. The van der Waals surface area contributed by atoms with E-state index in [-0.39, 0.29) is 13.2 Å². The zero-order valence-corrected chi connectivity index (χ0v) is 50.3. The van der Waals surface area contributed by atoms with Gasteiger partial charge in [-0.25, -0.2) is 29.0 Å². The summed E-state index contributed by atoms with van der Waals surface area (Å²) in [7, 11) is 7.84. The van der Waals surface area contributed by atoms with Crippen molar-refractivity contribution in [2.24, 2.45) is 0 Å². The maximum atomic E-state index is 14.7. The van der Waals surface area contributed by atoms with Gasteiger partial charge >= 0.3 is 24.1 Å². The Morgan fingerprint density at radius 2 is 0.837 bits per heavy atom. The quantitative estimate of drug-likeness (QED) is 0.0549. The molecule has 8 aromatic carbocycles. The lowest BCUT2D eigenvalue weighted by atomic mass is 9.74. The molecular formula is C72H70N4O10. The molecule has 8 aromatic rings. The van der Waals surface area contributed by atoms with Crippen LogP contribution in [0.5, 0.6) is 23.0 Å². The average molecular weight is 1150 g/mol. The Morgan fingerprint density at radius 1 is 0.465 bits per heavy atom. The van der Waals surface area contributed by atoms with E-state index < -0.39 is 40.7 Å². The second-order valence-electron chi connectivity index (χ2n) is 23.2. The molecule has 14 heteroatoms. The highest BCUT2D eigenvalue weighted by Crippen LogP contribution is 2.60. The highest BCUT2D eigenvalue weighted by molar-refractivity contribution is 6.01. The lowest BCUT2D eigenvalue weighted by molar-refractivity contribution is 0.0214. The number of nitrogens with zero attached hydrogens (tertiary/aromatic N) is 4. The van der Waals surface area contributed by atoms with Gasteiger partial charge in [-0.15, -0.1) is 0 Å². The summed E-state index contributed by atoms with van der Waals surface area (Å²) in [5.41, 5.74) is 8.96. The van der Waals surface area contributed by atoms with Crippen molar-refractivity contribution in [3.05, 3.63) is 224 Å². The van der Waals surface area contributed by atoms with Crippen molar-refractivity contribution in [2.45, 2.75) is 90.3 Å². The largest absolute Gasteiger partial charge is 0.456 e. The fraction of sp³-hybridized carbons (Fsp3) is 0.278. The molecule has 2 unspecified atom stereocenters. The van der Waals surface area contributed by atoms with E-state index in [0.717, 1.165) is 46.5 Å². The Bertz CT molecular complexity index is 3770. The SMILES string of the molecule is CCCCOC(=O)N(c1ccc(C(C)(CC)c2ccc(N(C(=O)OCCCC)c3cc4c(cc3C)Oc3cc(N(C)C)ccc3C43OC(=O)c4ccccc43)cc2)cc1)c1cc2c(cc1C)Oc1cc(N(C)C)ccc1C21OC(=O)c2ccccc21. The number of anilines is 6. The minimum Gasteiger partial charge on any atom is -0.456 e. The maximum Gasteiger partial charge on any atom is 0.418 e. The normalized spacial score (nSPS) is 17.0. The predicted molar refractivity (Wildman–Crippen MR) is 334 cm³/mol. The van der Waals surface area contributed by atoms with Gasteiger partial charge in [-0.3, -0.25) is 0 Å². The molecule has 4 aliphatic rings. The van der Waals surface area contributed by atoms with Gasteiger partial charge in [0.15, 0.2) is 11.2 Å². The molecule has 0 bridgehead atoms. The molecule has 0 N–H and O–H groups in total. The van der Waals surface area contributed by atoms with Crippen LogP contribution in [0, 0.1) is 13.8 Å². The second-order valence-corrected chi connectivity index (χ2v) is 23.2. The van der Waals surface area contributed by atoms with Crippen molar-refractivity contribution in [2.75, 3.05) is 61.0 Å². The summed E-state index contributed by atoms with van der Waals surface area (Å²) in [6.07, 6.45) is 2.63. The summed E-state index contributed by atoms with van der Waals surface area (Å²) < 4.78 is 38.7. The number of fused-ring (bicyclic) bond motifs is 12. The Balaban J connectivity index is 0.914. The summed E-state index contributed by atoms with van der Waals surface area (Å²) in [5.74, 6) is 1.22. The van der Waals surface area contributed by atoms with Crippen molar-refractivity contribution >= 4 is 58.2 Å². The van der Waals surface area contributed by atoms with Crippen molar-refractivity contribution in [3.63, 3.8) is 0 Å². The molecule has 0 fully saturated rings. The van der Waals surface area contributed by atoms with Gasteiger partial charge in [0, 0.05) is 90.5 Å². The fourth-order valence-electron chi connectivity index (χ4n) is 12.6. The lowest BCUT2D eigenvalue weighted by Crippen LogP contribution is -2.34. The first-order chi connectivity index (χ1) is 41.5. The van der Waals surface area contributed by atoms with Crippen LogP contribution in [0.3, 0.4) is 0 Å². The Hall–Kier alpha value is -9.56. The van der Waals surface area contributed by atoms with Crippen LogP contribution in [0.25, 0.3) is 0 Å². The van der Waals surface area contributed by atoms with E-state index in [1.165, 1.54) is 0 Å². The van der Waals surface area contributed by atoms with E-state index in [2.05, 4.69) is 13.8 Å². The zero-order chi connectivity index (χ0) is 60.4. The molecule has 0 aromatic heterocycles. The molecule has 438 valence electrons. The number of ether oxygens (including phenoxy) is 6. The first kappa shape index (κ1) is 56.9. The number of carbonyl (C=O) groups excluding carboxylic acids is 4. The molecule has 86 heavy (non-hydrogen) atoms. The molecular weight excluding hydrogens is 1080 g/mol. The van der Waals surface area contributed by atoms with Gasteiger partial charge in [-0.2, -0.15) is 0 Å². The Morgan fingerprint density at radius 3 is 1.21 bits per heavy atom. The smallest absolute Gasteiger partial charge is 0.418 e. The second kappa shape index (κ2) is 22.1. The molecule has 0 saturated heterocycles.